The molecule has 0 fully saturated rings. The molecule has 3 nitrogen and oxygen atoms in total. The third kappa shape index (κ3) is 3.55. The van der Waals surface area contributed by atoms with Crippen LogP contribution in [0.15, 0.2) is 22.8 Å². The molecule has 1 aliphatic rings. The van der Waals surface area contributed by atoms with Crippen molar-refractivity contribution in [1.29, 1.82) is 0 Å². The molecule has 0 aromatic carbocycles. The molecule has 0 spiro atoms. The second kappa shape index (κ2) is 6.32. The summed E-state index contributed by atoms with van der Waals surface area (Å²) in [5, 5.41) is 0. The maximum atomic E-state index is 5.82. The van der Waals surface area contributed by atoms with Crippen molar-refractivity contribution in [3.8, 4) is 5.88 Å². The smallest absolute Gasteiger partial charge is 0.217 e. The van der Waals surface area contributed by atoms with Gasteiger partial charge in [-0.3, -0.25) is 0 Å². The van der Waals surface area contributed by atoms with Crippen molar-refractivity contribution < 1.29 is 4.74 Å². The van der Waals surface area contributed by atoms with Crippen molar-refractivity contribution in [1.82, 2.24) is 9.97 Å². The monoisotopic (exact) mass is 310 g/mol. The van der Waals surface area contributed by atoms with E-state index >= 15 is 0 Å². The average Bonchev–Trinajstić information content (AvgIpc) is 2.37. The fourth-order valence-corrected chi connectivity index (χ4v) is 2.51. The molecule has 0 aliphatic heterocycles. The minimum Gasteiger partial charge on any atom is -0.477 e. The maximum absolute atomic E-state index is 5.82. The van der Waals surface area contributed by atoms with E-state index in [-0.39, 0.29) is 0 Å². The van der Waals surface area contributed by atoms with Crippen LogP contribution in [0, 0.1) is 11.8 Å². The Kier molecular flexibility index (Phi) is 4.75. The highest BCUT2D eigenvalue weighted by molar-refractivity contribution is 9.10. The van der Waals surface area contributed by atoms with Crippen LogP contribution in [0.25, 0.3) is 0 Å². The molecule has 0 radical (unpaired) electrons. The van der Waals surface area contributed by atoms with Crippen LogP contribution in [0.1, 0.15) is 32.5 Å². The Morgan fingerprint density at radius 2 is 2.11 bits per heavy atom. The summed E-state index contributed by atoms with van der Waals surface area (Å²) < 4.78 is 6.62. The van der Waals surface area contributed by atoms with E-state index in [0.29, 0.717) is 17.7 Å². The Bertz CT molecular complexity index is 434. The first kappa shape index (κ1) is 13.5. The number of hydrogen-bond donors (Lipinski definition) is 0. The van der Waals surface area contributed by atoms with E-state index in [9.17, 15) is 0 Å². The fraction of sp³-hybridized carbons (Fsp3) is 0.571. The van der Waals surface area contributed by atoms with E-state index < -0.39 is 0 Å². The highest BCUT2D eigenvalue weighted by Crippen LogP contribution is 2.26. The first-order chi connectivity index (χ1) is 8.69. The quantitative estimate of drug-likeness (QED) is 0.627. The standard InChI is InChI=1S/C14H19BrN2O/c1-3-13-16-12(15)8-14(17-13)18-9-11-7-5-4-6-10(11)2/h4-5,8,10-11H,3,6-7,9H2,1-2H3. The Hall–Kier alpha value is -0.900. The van der Waals surface area contributed by atoms with Gasteiger partial charge in [-0.15, -0.1) is 0 Å². The van der Waals surface area contributed by atoms with Gasteiger partial charge in [0.2, 0.25) is 5.88 Å². The van der Waals surface area contributed by atoms with E-state index in [2.05, 4.69) is 45.0 Å². The zero-order valence-electron chi connectivity index (χ0n) is 10.9. The lowest BCUT2D eigenvalue weighted by Crippen LogP contribution is -2.21. The number of allylic oxidation sites excluding steroid dienone is 2. The summed E-state index contributed by atoms with van der Waals surface area (Å²) in [5.41, 5.74) is 0. The average molecular weight is 311 g/mol. The summed E-state index contributed by atoms with van der Waals surface area (Å²) in [6.45, 7) is 5.06. The van der Waals surface area contributed by atoms with E-state index in [4.69, 9.17) is 4.74 Å². The molecule has 1 heterocycles. The summed E-state index contributed by atoms with van der Waals surface area (Å²) in [5.74, 6) is 2.77. The highest BCUT2D eigenvalue weighted by atomic mass is 79.9. The van der Waals surface area contributed by atoms with Crippen LogP contribution < -0.4 is 4.74 Å². The number of hydrogen-bond acceptors (Lipinski definition) is 3. The highest BCUT2D eigenvalue weighted by Gasteiger charge is 2.19. The molecular formula is C14H19BrN2O. The van der Waals surface area contributed by atoms with E-state index in [1.54, 1.807) is 0 Å². The Labute approximate surface area is 117 Å². The van der Waals surface area contributed by atoms with Crippen LogP contribution in [0.3, 0.4) is 0 Å². The van der Waals surface area contributed by atoms with Gasteiger partial charge in [0.15, 0.2) is 0 Å². The van der Waals surface area contributed by atoms with Crippen molar-refractivity contribution >= 4 is 15.9 Å². The van der Waals surface area contributed by atoms with Gasteiger partial charge in [-0.1, -0.05) is 26.0 Å². The third-order valence-corrected chi connectivity index (χ3v) is 3.80. The molecule has 0 N–H and O–H groups in total. The third-order valence-electron chi connectivity index (χ3n) is 3.40. The second-order valence-electron chi connectivity index (χ2n) is 4.79. The fourth-order valence-electron chi connectivity index (χ4n) is 2.11. The number of aromatic nitrogens is 2. The molecule has 0 bridgehead atoms. The number of nitrogens with zero attached hydrogens (tertiary/aromatic N) is 2. The Morgan fingerprint density at radius 3 is 2.83 bits per heavy atom. The van der Waals surface area contributed by atoms with Crippen LogP contribution in [0.5, 0.6) is 5.88 Å². The maximum Gasteiger partial charge on any atom is 0.217 e. The molecule has 0 saturated heterocycles. The molecule has 0 amide bonds. The molecule has 0 saturated carbocycles. The lowest BCUT2D eigenvalue weighted by molar-refractivity contribution is 0.192. The summed E-state index contributed by atoms with van der Waals surface area (Å²) in [6, 6.07) is 1.84. The molecule has 2 atom stereocenters. The Morgan fingerprint density at radius 1 is 1.33 bits per heavy atom. The minimum absolute atomic E-state index is 0.591. The van der Waals surface area contributed by atoms with Crippen LogP contribution in [0.2, 0.25) is 0 Å². The van der Waals surface area contributed by atoms with E-state index in [1.807, 2.05) is 13.0 Å². The van der Waals surface area contributed by atoms with Crippen LogP contribution in [-0.2, 0) is 6.42 Å². The predicted octanol–water partition coefficient (Wildman–Crippen LogP) is 3.78. The van der Waals surface area contributed by atoms with Crippen molar-refractivity contribution in [2.24, 2.45) is 11.8 Å². The molecule has 2 unspecified atom stereocenters. The van der Waals surface area contributed by atoms with Crippen molar-refractivity contribution in [2.45, 2.75) is 33.1 Å². The minimum atomic E-state index is 0.591. The summed E-state index contributed by atoms with van der Waals surface area (Å²) >= 11 is 3.39. The molecule has 98 valence electrons. The van der Waals surface area contributed by atoms with Gasteiger partial charge in [0.25, 0.3) is 0 Å². The summed E-state index contributed by atoms with van der Waals surface area (Å²) in [6.07, 6.45) is 7.59. The number of aryl methyl sites for hydroxylation is 1. The van der Waals surface area contributed by atoms with Crippen LogP contribution in [0.4, 0.5) is 0 Å². The Balaban J connectivity index is 1.97. The molecule has 1 aliphatic carbocycles. The number of ether oxygens (including phenoxy) is 1. The normalized spacial score (nSPS) is 23.1. The molecule has 1 aromatic heterocycles. The largest absolute Gasteiger partial charge is 0.477 e. The van der Waals surface area contributed by atoms with Crippen LogP contribution in [-0.4, -0.2) is 16.6 Å². The predicted molar refractivity (Wildman–Crippen MR) is 75.6 cm³/mol. The summed E-state index contributed by atoms with van der Waals surface area (Å²) in [7, 11) is 0. The number of rotatable bonds is 4. The number of halogens is 1. The molecule has 2 rings (SSSR count). The van der Waals surface area contributed by atoms with Gasteiger partial charge in [-0.05, 0) is 40.6 Å². The molecule has 1 aromatic rings. The van der Waals surface area contributed by atoms with Gasteiger partial charge in [0.05, 0.1) is 6.61 Å². The molecular weight excluding hydrogens is 292 g/mol. The molecule has 4 heteroatoms. The van der Waals surface area contributed by atoms with Crippen LogP contribution >= 0.6 is 15.9 Å². The van der Waals surface area contributed by atoms with E-state index in [1.165, 1.54) is 0 Å². The van der Waals surface area contributed by atoms with Gasteiger partial charge in [-0.25, -0.2) is 4.98 Å². The lowest BCUT2D eigenvalue weighted by atomic mass is 9.85. The van der Waals surface area contributed by atoms with Gasteiger partial charge < -0.3 is 4.74 Å². The van der Waals surface area contributed by atoms with Gasteiger partial charge in [0, 0.05) is 12.5 Å². The zero-order valence-corrected chi connectivity index (χ0v) is 12.5. The van der Waals surface area contributed by atoms with Gasteiger partial charge >= 0.3 is 0 Å². The van der Waals surface area contributed by atoms with Crippen molar-refractivity contribution in [2.75, 3.05) is 6.61 Å². The lowest BCUT2D eigenvalue weighted by Gasteiger charge is -2.24. The zero-order chi connectivity index (χ0) is 13.0. The second-order valence-corrected chi connectivity index (χ2v) is 5.60. The van der Waals surface area contributed by atoms with Gasteiger partial charge in [-0.2, -0.15) is 4.98 Å². The first-order valence-corrected chi connectivity index (χ1v) is 7.29. The molecule has 18 heavy (non-hydrogen) atoms. The summed E-state index contributed by atoms with van der Waals surface area (Å²) in [4.78, 5) is 8.66. The SMILES string of the molecule is CCc1nc(Br)cc(OCC2CC=CCC2C)n1. The van der Waals surface area contributed by atoms with Crippen molar-refractivity contribution in [3.05, 3.63) is 28.6 Å². The van der Waals surface area contributed by atoms with Gasteiger partial charge in [0.1, 0.15) is 10.4 Å². The topological polar surface area (TPSA) is 35.0 Å². The first-order valence-electron chi connectivity index (χ1n) is 6.50. The van der Waals surface area contributed by atoms with E-state index in [0.717, 1.165) is 36.3 Å². The van der Waals surface area contributed by atoms with Crippen molar-refractivity contribution in [3.63, 3.8) is 0 Å².